The van der Waals surface area contributed by atoms with Gasteiger partial charge in [-0.2, -0.15) is 26.6 Å². The molecule has 0 radical (unpaired) electrons. The summed E-state index contributed by atoms with van der Waals surface area (Å²) in [5.74, 6) is 0.584. The van der Waals surface area contributed by atoms with Crippen molar-refractivity contribution in [1.82, 2.24) is 0 Å². The summed E-state index contributed by atoms with van der Waals surface area (Å²) in [6.07, 6.45) is 14.9. The van der Waals surface area contributed by atoms with Gasteiger partial charge in [0, 0.05) is 33.8 Å². The van der Waals surface area contributed by atoms with E-state index in [0.717, 1.165) is 17.4 Å². The van der Waals surface area contributed by atoms with Crippen LogP contribution in [0.5, 0.6) is 17.2 Å². The van der Waals surface area contributed by atoms with Crippen molar-refractivity contribution in [2.75, 3.05) is 26.1 Å². The van der Waals surface area contributed by atoms with Crippen molar-refractivity contribution in [3.63, 3.8) is 0 Å². The van der Waals surface area contributed by atoms with Gasteiger partial charge in [0.15, 0.2) is 0 Å². The third-order valence-corrected chi connectivity index (χ3v) is 12.9. The molecule has 2 aliphatic rings. The van der Waals surface area contributed by atoms with Crippen LogP contribution in [0.4, 0.5) is 9.57 Å². The van der Waals surface area contributed by atoms with Crippen molar-refractivity contribution in [3.05, 3.63) is 72.8 Å². The van der Waals surface area contributed by atoms with Crippen molar-refractivity contribution < 1.29 is 41.8 Å². The third-order valence-electron chi connectivity index (χ3n) is 8.10. The first kappa shape index (κ1) is 35.9. The van der Waals surface area contributed by atoms with E-state index in [2.05, 4.69) is 58.5 Å². The number of ether oxygens (including phenoxy) is 2. The summed E-state index contributed by atoms with van der Waals surface area (Å²) in [7, 11) is 4.98. The molecule has 3 aromatic rings. The Morgan fingerprint density at radius 1 is 0.884 bits per heavy atom. The first-order valence-corrected chi connectivity index (χ1v) is 20.5. The van der Waals surface area contributed by atoms with Gasteiger partial charge in [-0.3, -0.25) is 0 Å². The van der Waals surface area contributed by atoms with E-state index in [4.69, 9.17) is 9.47 Å². The number of anilines is 1. The Bertz CT molecular complexity index is 1340. The molecule has 0 aliphatic heterocycles. The van der Waals surface area contributed by atoms with Gasteiger partial charge in [0.2, 0.25) is 0 Å². The normalized spacial score (nSPS) is 15.9. The SMILES string of the molecule is CN(C)c1ccccc1[PH+](C1CCCCC1)C1CCCCC1.COc1ccc(Oc2c[c-]ccc2)cc1S(=O)(=O)F.[Cl][Au]. The standard InChI is InChI=1S/C20H32NP.C13H10FO4S.Au.ClH/c1-21(2)19-15-9-10-16-20(19)22(17-11-5-3-6-12-17)18-13-7-4-8-14-18;1-17-12-8-7-11(9-13(12)19(14,15)16)18-10-5-3-2-4-6-10;;/h9-10,15-18H,3-8,11-14H2,1-2H3;2-3,5-9H,1H3;;1H/q;-1;+1;. The molecular weight excluding hydrogens is 789 g/mol. The Morgan fingerprint density at radius 3 is 2.00 bits per heavy atom. The summed E-state index contributed by atoms with van der Waals surface area (Å²) in [5, 5.41) is 1.75. The first-order chi connectivity index (χ1) is 20.8. The molecule has 2 aliphatic carbocycles. The van der Waals surface area contributed by atoms with E-state index in [0.29, 0.717) is 5.75 Å². The van der Waals surface area contributed by atoms with Crippen LogP contribution in [0.2, 0.25) is 0 Å². The molecule has 2 fully saturated rings. The van der Waals surface area contributed by atoms with Crippen LogP contribution in [0.15, 0.2) is 71.6 Å². The third kappa shape index (κ3) is 10.8. The van der Waals surface area contributed by atoms with Crippen LogP contribution in [0.1, 0.15) is 64.2 Å². The summed E-state index contributed by atoms with van der Waals surface area (Å²) in [4.78, 5) is 1.79. The number of nitrogens with zero attached hydrogens (tertiary/aromatic N) is 1. The molecule has 43 heavy (non-hydrogen) atoms. The molecule has 0 amide bonds. The van der Waals surface area contributed by atoms with E-state index in [-0.39, 0.29) is 11.5 Å². The van der Waals surface area contributed by atoms with Crippen LogP contribution in [0.25, 0.3) is 0 Å². The van der Waals surface area contributed by atoms with Crippen molar-refractivity contribution in [1.29, 1.82) is 0 Å². The Hall–Kier alpha value is -1.60. The number of hydrogen-bond acceptors (Lipinski definition) is 5. The summed E-state index contributed by atoms with van der Waals surface area (Å²) in [5.41, 5.74) is 3.57. The number of hydrogen-bond donors (Lipinski definition) is 0. The Balaban J connectivity index is 0.000000225. The molecule has 240 valence electrons. The molecule has 10 heteroatoms. The van der Waals surface area contributed by atoms with Crippen molar-refractivity contribution >= 4 is 38.3 Å². The van der Waals surface area contributed by atoms with Gasteiger partial charge >= 0.3 is 39.4 Å². The second kappa shape index (κ2) is 18.4. The zero-order valence-electron chi connectivity index (χ0n) is 25.1. The van der Waals surface area contributed by atoms with Gasteiger partial charge in [-0.15, -0.1) is 16.0 Å². The average molecular weight is 832 g/mol. The predicted molar refractivity (Wildman–Crippen MR) is 175 cm³/mol. The molecule has 0 atom stereocenters. The molecule has 0 N–H and O–H groups in total. The molecule has 0 unspecified atom stereocenters. The van der Waals surface area contributed by atoms with Crippen LogP contribution in [0.3, 0.4) is 0 Å². The van der Waals surface area contributed by atoms with Gasteiger partial charge in [0.1, 0.15) is 21.7 Å². The fourth-order valence-electron chi connectivity index (χ4n) is 6.20. The molecule has 3 aromatic carbocycles. The maximum absolute atomic E-state index is 13.1. The minimum absolute atomic E-state index is 0.0746. The molecule has 5 nitrogen and oxygen atoms in total. The molecular formula is C33H43AuClFNO4PS. The van der Waals surface area contributed by atoms with Gasteiger partial charge in [0.25, 0.3) is 0 Å². The van der Waals surface area contributed by atoms with Crippen LogP contribution in [0, 0.1) is 6.07 Å². The number of methoxy groups -OCH3 is 1. The zero-order chi connectivity index (χ0) is 31.2. The van der Waals surface area contributed by atoms with Gasteiger partial charge < -0.3 is 14.4 Å². The minimum atomic E-state index is -4.87. The van der Waals surface area contributed by atoms with E-state index < -0.39 is 23.0 Å². The summed E-state index contributed by atoms with van der Waals surface area (Å²) < 4.78 is 45.3. The molecule has 0 heterocycles. The Morgan fingerprint density at radius 2 is 1.49 bits per heavy atom. The molecule has 0 aromatic heterocycles. The van der Waals surface area contributed by atoms with Crippen LogP contribution in [-0.2, 0) is 30.2 Å². The van der Waals surface area contributed by atoms with Crippen LogP contribution < -0.4 is 19.7 Å². The van der Waals surface area contributed by atoms with Crippen LogP contribution in [-0.4, -0.2) is 40.9 Å². The quantitative estimate of drug-likeness (QED) is 0.0984. The number of benzene rings is 3. The molecule has 0 saturated heterocycles. The van der Waals surface area contributed by atoms with Gasteiger partial charge in [-0.25, -0.2) is 0 Å². The topological polar surface area (TPSA) is 55.8 Å². The monoisotopic (exact) mass is 831 g/mol. The molecule has 0 spiro atoms. The summed E-state index contributed by atoms with van der Waals surface area (Å²) in [6.45, 7) is 0. The fourth-order valence-corrected chi connectivity index (χ4v) is 11.3. The average Bonchev–Trinajstić information content (AvgIpc) is 3.04. The second-order valence-electron chi connectivity index (χ2n) is 11.1. The number of para-hydroxylation sites is 1. The maximum atomic E-state index is 13.1. The van der Waals surface area contributed by atoms with Gasteiger partial charge in [-0.05, 0) is 75.6 Å². The number of halogens is 2. The van der Waals surface area contributed by atoms with E-state index in [1.165, 1.54) is 89.1 Å². The summed E-state index contributed by atoms with van der Waals surface area (Å²) in [6, 6.07) is 22.7. The van der Waals surface area contributed by atoms with Gasteiger partial charge in [-0.1, -0.05) is 25.0 Å². The van der Waals surface area contributed by atoms with Crippen LogP contribution >= 0.6 is 17.1 Å². The number of rotatable bonds is 8. The van der Waals surface area contributed by atoms with Crippen molar-refractivity contribution in [3.8, 4) is 17.2 Å². The molecule has 0 bridgehead atoms. The molecule has 2 saturated carbocycles. The Labute approximate surface area is 275 Å². The molecule has 5 rings (SSSR count). The van der Waals surface area contributed by atoms with E-state index in [1.807, 2.05) is 0 Å². The van der Waals surface area contributed by atoms with Crippen molar-refractivity contribution in [2.24, 2.45) is 0 Å². The Kier molecular flexibility index (Phi) is 15.3. The van der Waals surface area contributed by atoms with Crippen molar-refractivity contribution in [2.45, 2.75) is 80.4 Å². The second-order valence-corrected chi connectivity index (χ2v) is 15.5. The fraction of sp³-hybridized carbons (Fsp3) is 0.455. The van der Waals surface area contributed by atoms with E-state index >= 15 is 0 Å². The van der Waals surface area contributed by atoms with E-state index in [1.54, 1.807) is 49.6 Å². The van der Waals surface area contributed by atoms with Gasteiger partial charge in [0.05, 0.1) is 24.1 Å². The summed E-state index contributed by atoms with van der Waals surface area (Å²) >= 11 is 1.75. The van der Waals surface area contributed by atoms with E-state index in [9.17, 15) is 12.3 Å². The first-order valence-electron chi connectivity index (χ1n) is 14.8. The predicted octanol–water partition coefficient (Wildman–Crippen LogP) is 8.89. The zero-order valence-corrected chi connectivity index (χ0v) is 29.9.